The van der Waals surface area contributed by atoms with Gasteiger partial charge in [0.15, 0.2) is 5.01 Å². The van der Waals surface area contributed by atoms with Gasteiger partial charge in [-0.2, -0.15) is 0 Å². The predicted octanol–water partition coefficient (Wildman–Crippen LogP) is 2.71. The number of nitrogens with zero attached hydrogens (tertiary/aromatic N) is 2. The van der Waals surface area contributed by atoms with Crippen molar-refractivity contribution in [3.63, 3.8) is 0 Å². The average molecular weight is 546 g/mol. The summed E-state index contributed by atoms with van der Waals surface area (Å²) in [7, 11) is 0. The second-order valence-corrected chi connectivity index (χ2v) is 12.0. The van der Waals surface area contributed by atoms with Gasteiger partial charge in [0, 0.05) is 51.8 Å². The molecule has 5 N–H and O–H groups in total. The SMILES string of the molecule is CC(C)N1CCc2nc(C(=O)N[C@@H]3CC(CO)(CO)C[C@H]3NC(=O)c3cc4cc(Cl)ccc4[nH]3)sc2C1. The molecule has 0 spiro atoms. The zero-order valence-electron chi connectivity index (χ0n) is 20.9. The molecule has 3 aromatic rings. The molecule has 1 fully saturated rings. The summed E-state index contributed by atoms with van der Waals surface area (Å²) in [6.45, 7) is 5.53. The zero-order chi connectivity index (χ0) is 26.3. The Labute approximate surface area is 224 Å². The first kappa shape index (κ1) is 26.1. The Hall–Kier alpha value is -2.50. The standard InChI is InChI=1S/C26H32ClN5O4S/c1-14(2)32-6-5-18-22(11-32)37-25(31-18)24(36)30-21-10-26(12-33,13-34)9-20(21)29-23(35)19-8-15-7-16(27)3-4-17(15)28-19/h3-4,7-8,14,20-21,28,33-34H,5-6,9-13H2,1-2H3,(H,29,35)(H,30,36)/t20-,21-/m1/s1. The molecule has 2 aliphatic rings. The van der Waals surface area contributed by atoms with E-state index < -0.39 is 17.5 Å². The van der Waals surface area contributed by atoms with Crippen LogP contribution in [0.15, 0.2) is 24.3 Å². The van der Waals surface area contributed by atoms with Crippen molar-refractivity contribution in [3.05, 3.63) is 50.6 Å². The van der Waals surface area contributed by atoms with Crippen LogP contribution in [-0.2, 0) is 13.0 Å². The van der Waals surface area contributed by atoms with Gasteiger partial charge in [0.1, 0.15) is 5.69 Å². The summed E-state index contributed by atoms with van der Waals surface area (Å²) in [4.78, 5) is 37.5. The minimum absolute atomic E-state index is 0.246. The minimum atomic E-state index is -0.802. The quantitative estimate of drug-likeness (QED) is 0.310. The van der Waals surface area contributed by atoms with Gasteiger partial charge in [-0.05, 0) is 51.0 Å². The number of hydrogen-bond donors (Lipinski definition) is 5. The molecule has 0 radical (unpaired) electrons. The highest BCUT2D eigenvalue weighted by molar-refractivity contribution is 7.13. The lowest BCUT2D eigenvalue weighted by atomic mass is 9.88. The molecule has 11 heteroatoms. The lowest BCUT2D eigenvalue weighted by Gasteiger charge is -2.29. The lowest BCUT2D eigenvalue weighted by molar-refractivity contribution is 0.0561. The van der Waals surface area contributed by atoms with Crippen molar-refractivity contribution in [2.45, 2.75) is 57.8 Å². The fourth-order valence-electron chi connectivity index (χ4n) is 5.37. The Bertz CT molecular complexity index is 1320. The lowest BCUT2D eigenvalue weighted by Crippen LogP contribution is -2.48. The highest BCUT2D eigenvalue weighted by Crippen LogP contribution is 2.38. The molecule has 2 amide bonds. The third kappa shape index (κ3) is 5.26. The van der Waals surface area contributed by atoms with Gasteiger partial charge >= 0.3 is 0 Å². The summed E-state index contributed by atoms with van der Waals surface area (Å²) < 4.78 is 0. The Balaban J connectivity index is 1.32. The van der Waals surface area contributed by atoms with E-state index >= 15 is 0 Å². The number of H-pyrrole nitrogens is 1. The number of benzene rings is 1. The minimum Gasteiger partial charge on any atom is -0.396 e. The highest BCUT2D eigenvalue weighted by Gasteiger charge is 2.46. The van der Waals surface area contributed by atoms with Crippen LogP contribution in [-0.4, -0.2) is 74.8 Å². The molecule has 198 valence electrons. The zero-order valence-corrected chi connectivity index (χ0v) is 22.5. The molecule has 9 nitrogen and oxygen atoms in total. The summed E-state index contributed by atoms with van der Waals surface area (Å²) in [5, 5.41) is 27.9. The van der Waals surface area contributed by atoms with Crippen molar-refractivity contribution < 1.29 is 19.8 Å². The molecule has 1 aliphatic carbocycles. The van der Waals surface area contributed by atoms with E-state index in [9.17, 15) is 19.8 Å². The number of aromatic amines is 1. The molecule has 0 unspecified atom stereocenters. The number of aromatic nitrogens is 2. The maximum Gasteiger partial charge on any atom is 0.280 e. The van der Waals surface area contributed by atoms with Crippen LogP contribution in [0.25, 0.3) is 10.9 Å². The van der Waals surface area contributed by atoms with Gasteiger partial charge in [-0.25, -0.2) is 4.98 Å². The molecular weight excluding hydrogens is 514 g/mol. The maximum atomic E-state index is 13.2. The van der Waals surface area contributed by atoms with Gasteiger partial charge in [0.2, 0.25) is 0 Å². The van der Waals surface area contributed by atoms with Crippen molar-refractivity contribution >= 4 is 45.7 Å². The monoisotopic (exact) mass is 545 g/mol. The second-order valence-electron chi connectivity index (χ2n) is 10.5. The average Bonchev–Trinajstić information content (AvgIpc) is 3.58. The van der Waals surface area contributed by atoms with E-state index in [2.05, 4.69) is 39.3 Å². The Kier molecular flexibility index (Phi) is 7.30. The number of fused-ring (bicyclic) bond motifs is 2. The molecule has 1 aliphatic heterocycles. The number of aliphatic hydroxyl groups is 2. The first-order chi connectivity index (χ1) is 17.7. The van der Waals surface area contributed by atoms with Crippen LogP contribution in [0.5, 0.6) is 0 Å². The number of hydrogen-bond acceptors (Lipinski definition) is 7. The fourth-order valence-corrected chi connectivity index (χ4v) is 6.58. The van der Waals surface area contributed by atoms with Crippen LogP contribution in [0, 0.1) is 5.41 Å². The predicted molar refractivity (Wildman–Crippen MR) is 143 cm³/mol. The molecule has 1 aromatic carbocycles. The van der Waals surface area contributed by atoms with Gasteiger partial charge in [-0.15, -0.1) is 11.3 Å². The van der Waals surface area contributed by atoms with E-state index in [0.29, 0.717) is 34.6 Å². The molecule has 0 saturated heterocycles. The van der Waals surface area contributed by atoms with Gasteiger partial charge in [-0.3, -0.25) is 14.5 Å². The first-order valence-corrected chi connectivity index (χ1v) is 13.7. The number of aliphatic hydroxyl groups excluding tert-OH is 2. The maximum absolute atomic E-state index is 13.2. The molecule has 2 atom stereocenters. The van der Waals surface area contributed by atoms with Crippen LogP contribution in [0.3, 0.4) is 0 Å². The van der Waals surface area contributed by atoms with Crippen LogP contribution in [0.4, 0.5) is 0 Å². The summed E-state index contributed by atoms with van der Waals surface area (Å²) in [6, 6.07) is 6.54. The molecule has 5 rings (SSSR count). The molecular formula is C26H32ClN5O4S. The number of halogens is 1. The third-order valence-corrected chi connectivity index (χ3v) is 8.92. The van der Waals surface area contributed by atoms with Crippen LogP contribution < -0.4 is 10.6 Å². The van der Waals surface area contributed by atoms with Gasteiger partial charge in [0.05, 0.1) is 31.0 Å². The number of nitrogens with one attached hydrogen (secondary N) is 3. The van der Waals surface area contributed by atoms with E-state index in [1.54, 1.807) is 18.2 Å². The molecule has 37 heavy (non-hydrogen) atoms. The van der Waals surface area contributed by atoms with Crippen molar-refractivity contribution in [3.8, 4) is 0 Å². The molecule has 0 bridgehead atoms. The Morgan fingerprint density at radius 3 is 2.57 bits per heavy atom. The number of rotatable bonds is 7. The van der Waals surface area contributed by atoms with Gasteiger partial charge in [-0.1, -0.05) is 11.6 Å². The summed E-state index contributed by atoms with van der Waals surface area (Å²) >= 11 is 7.48. The molecule has 1 saturated carbocycles. The number of carbonyl (C=O) groups excluding carboxylic acids is 2. The topological polar surface area (TPSA) is 131 Å². The Morgan fingerprint density at radius 1 is 1.19 bits per heavy atom. The summed E-state index contributed by atoms with van der Waals surface area (Å²) in [6.07, 6.45) is 1.49. The smallest absolute Gasteiger partial charge is 0.280 e. The van der Waals surface area contributed by atoms with Crippen molar-refractivity contribution in [2.24, 2.45) is 5.41 Å². The van der Waals surface area contributed by atoms with E-state index in [1.165, 1.54) is 11.3 Å². The van der Waals surface area contributed by atoms with Crippen LogP contribution in [0.1, 0.15) is 57.6 Å². The second kappa shape index (κ2) is 10.3. The van der Waals surface area contributed by atoms with Crippen LogP contribution in [0.2, 0.25) is 5.02 Å². The molecule has 3 heterocycles. The van der Waals surface area contributed by atoms with Crippen molar-refractivity contribution in [1.29, 1.82) is 0 Å². The highest BCUT2D eigenvalue weighted by atomic mass is 35.5. The summed E-state index contributed by atoms with van der Waals surface area (Å²) in [5.41, 5.74) is 1.33. The van der Waals surface area contributed by atoms with Crippen molar-refractivity contribution in [1.82, 2.24) is 25.5 Å². The van der Waals surface area contributed by atoms with E-state index in [4.69, 9.17) is 11.6 Å². The van der Waals surface area contributed by atoms with Gasteiger partial charge in [0.25, 0.3) is 11.8 Å². The fraction of sp³-hybridized carbons (Fsp3) is 0.500. The third-order valence-electron chi connectivity index (χ3n) is 7.61. The normalized spacial score (nSPS) is 21.4. The van der Waals surface area contributed by atoms with Gasteiger partial charge < -0.3 is 25.8 Å². The van der Waals surface area contributed by atoms with Crippen molar-refractivity contribution in [2.75, 3.05) is 19.8 Å². The number of carbonyl (C=O) groups is 2. The first-order valence-electron chi connectivity index (χ1n) is 12.5. The largest absolute Gasteiger partial charge is 0.396 e. The number of amides is 2. The van der Waals surface area contributed by atoms with E-state index in [-0.39, 0.29) is 25.0 Å². The van der Waals surface area contributed by atoms with E-state index in [1.807, 2.05) is 6.07 Å². The van der Waals surface area contributed by atoms with Crippen LogP contribution >= 0.6 is 22.9 Å². The Morgan fingerprint density at radius 2 is 1.89 bits per heavy atom. The number of thiazole rings is 1. The van der Waals surface area contributed by atoms with E-state index in [0.717, 1.165) is 41.0 Å². The summed E-state index contributed by atoms with van der Waals surface area (Å²) in [5.74, 6) is -0.631. The molecule has 2 aromatic heterocycles.